The van der Waals surface area contributed by atoms with Gasteiger partial charge in [-0.2, -0.15) is 0 Å². The zero-order valence-electron chi connectivity index (χ0n) is 12.2. The molecule has 1 aliphatic heterocycles. The fourth-order valence-electron chi connectivity index (χ4n) is 2.39. The first-order chi connectivity index (χ1) is 9.99. The molecule has 2 rings (SSSR count). The molecule has 2 N–H and O–H groups in total. The van der Waals surface area contributed by atoms with Crippen LogP contribution in [0.25, 0.3) is 0 Å². The second kappa shape index (κ2) is 6.89. The summed E-state index contributed by atoms with van der Waals surface area (Å²) in [4.78, 5) is 13.4. The molecule has 0 radical (unpaired) electrons. The predicted molar refractivity (Wildman–Crippen MR) is 75.4 cm³/mol. The predicted octanol–water partition coefficient (Wildman–Crippen LogP) is 1.11. The van der Waals surface area contributed by atoms with Gasteiger partial charge in [0.1, 0.15) is 12.7 Å². The normalized spacial score (nSPS) is 29.0. The van der Waals surface area contributed by atoms with Crippen LogP contribution in [-0.2, 0) is 16.1 Å². The molecule has 1 heterocycles. The number of ether oxygens (including phenoxy) is 2. The van der Waals surface area contributed by atoms with Crippen LogP contribution in [0, 0.1) is 0 Å². The van der Waals surface area contributed by atoms with Crippen molar-refractivity contribution in [3.05, 3.63) is 35.9 Å². The molecule has 6 nitrogen and oxygen atoms in total. The SMILES string of the molecule is C[C@@H]1C[C@H](N(C)C(=O)OCc2ccccc2)[C@@H](O)[C@H](O)O1. The summed E-state index contributed by atoms with van der Waals surface area (Å²) >= 11 is 0. The minimum Gasteiger partial charge on any atom is -0.445 e. The Morgan fingerprint density at radius 1 is 1.38 bits per heavy atom. The minimum atomic E-state index is -1.29. The average molecular weight is 295 g/mol. The second-order valence-electron chi connectivity index (χ2n) is 5.28. The smallest absolute Gasteiger partial charge is 0.410 e. The molecule has 0 aromatic heterocycles. The molecule has 1 aromatic rings. The number of likely N-dealkylation sites (N-methyl/N-ethyl adjacent to an activating group) is 1. The molecule has 21 heavy (non-hydrogen) atoms. The molecule has 0 spiro atoms. The summed E-state index contributed by atoms with van der Waals surface area (Å²) in [5.74, 6) is 0. The molecule has 1 amide bonds. The Labute approximate surface area is 123 Å². The average Bonchev–Trinajstić information content (AvgIpc) is 2.48. The molecule has 0 unspecified atom stereocenters. The quantitative estimate of drug-likeness (QED) is 0.873. The largest absolute Gasteiger partial charge is 0.445 e. The van der Waals surface area contributed by atoms with E-state index in [1.165, 1.54) is 4.90 Å². The maximum absolute atomic E-state index is 12.0. The van der Waals surface area contributed by atoms with Crippen LogP contribution < -0.4 is 0 Å². The lowest BCUT2D eigenvalue weighted by Crippen LogP contribution is -2.55. The van der Waals surface area contributed by atoms with Crippen LogP contribution >= 0.6 is 0 Å². The van der Waals surface area contributed by atoms with E-state index in [9.17, 15) is 15.0 Å². The summed E-state index contributed by atoms with van der Waals surface area (Å²) in [5, 5.41) is 19.5. The molecule has 0 aliphatic carbocycles. The fraction of sp³-hybridized carbons (Fsp3) is 0.533. The molecule has 1 fully saturated rings. The van der Waals surface area contributed by atoms with Crippen molar-refractivity contribution in [1.29, 1.82) is 0 Å². The van der Waals surface area contributed by atoms with E-state index in [-0.39, 0.29) is 12.7 Å². The molecule has 0 bridgehead atoms. The summed E-state index contributed by atoms with van der Waals surface area (Å²) in [6.07, 6.45) is -2.77. The topological polar surface area (TPSA) is 79.2 Å². The van der Waals surface area contributed by atoms with Gasteiger partial charge >= 0.3 is 6.09 Å². The van der Waals surface area contributed by atoms with E-state index < -0.39 is 24.5 Å². The van der Waals surface area contributed by atoms with Gasteiger partial charge in [-0.05, 0) is 18.9 Å². The summed E-state index contributed by atoms with van der Waals surface area (Å²) in [5.41, 5.74) is 0.889. The number of aliphatic hydroxyl groups excluding tert-OH is 2. The first-order valence-corrected chi connectivity index (χ1v) is 6.94. The van der Waals surface area contributed by atoms with Crippen molar-refractivity contribution in [2.24, 2.45) is 0 Å². The van der Waals surface area contributed by atoms with Crippen molar-refractivity contribution in [1.82, 2.24) is 4.90 Å². The van der Waals surface area contributed by atoms with E-state index in [1.54, 1.807) is 14.0 Å². The Bertz CT molecular complexity index is 466. The van der Waals surface area contributed by atoms with E-state index in [2.05, 4.69) is 0 Å². The Kier molecular flexibility index (Phi) is 5.17. The number of aliphatic hydroxyl groups is 2. The van der Waals surface area contributed by atoms with E-state index in [0.717, 1.165) is 5.56 Å². The first kappa shape index (κ1) is 15.8. The maximum atomic E-state index is 12.0. The van der Waals surface area contributed by atoms with E-state index >= 15 is 0 Å². The number of hydrogen-bond donors (Lipinski definition) is 2. The number of benzene rings is 1. The number of nitrogens with zero attached hydrogens (tertiary/aromatic N) is 1. The van der Waals surface area contributed by atoms with E-state index in [4.69, 9.17) is 9.47 Å². The van der Waals surface area contributed by atoms with Crippen LogP contribution in [0.1, 0.15) is 18.9 Å². The van der Waals surface area contributed by atoms with Gasteiger partial charge < -0.3 is 24.6 Å². The number of carbonyl (C=O) groups excluding carboxylic acids is 1. The lowest BCUT2D eigenvalue weighted by atomic mass is 9.99. The molecule has 6 heteroatoms. The zero-order chi connectivity index (χ0) is 15.4. The van der Waals surface area contributed by atoms with Crippen molar-refractivity contribution in [3.63, 3.8) is 0 Å². The van der Waals surface area contributed by atoms with E-state index in [1.807, 2.05) is 30.3 Å². The van der Waals surface area contributed by atoms with Crippen molar-refractivity contribution >= 4 is 6.09 Å². The van der Waals surface area contributed by atoms with Crippen LogP contribution in [0.5, 0.6) is 0 Å². The van der Waals surface area contributed by atoms with Gasteiger partial charge in [-0.25, -0.2) is 4.79 Å². The van der Waals surface area contributed by atoms with Crippen molar-refractivity contribution in [3.8, 4) is 0 Å². The third kappa shape index (κ3) is 3.93. The monoisotopic (exact) mass is 295 g/mol. The van der Waals surface area contributed by atoms with Crippen LogP contribution in [-0.4, -0.2) is 52.8 Å². The molecular formula is C15H21NO5. The molecule has 1 aromatic carbocycles. The van der Waals surface area contributed by atoms with Crippen LogP contribution in [0.4, 0.5) is 4.79 Å². The summed E-state index contributed by atoms with van der Waals surface area (Å²) in [6.45, 7) is 1.95. The Morgan fingerprint density at radius 2 is 2.05 bits per heavy atom. The maximum Gasteiger partial charge on any atom is 0.410 e. The van der Waals surface area contributed by atoms with Gasteiger partial charge in [0.05, 0.1) is 12.1 Å². The highest BCUT2D eigenvalue weighted by Gasteiger charge is 2.39. The van der Waals surface area contributed by atoms with Gasteiger partial charge in [0.2, 0.25) is 0 Å². The molecule has 0 saturated carbocycles. The third-order valence-corrected chi connectivity index (χ3v) is 3.62. The molecular weight excluding hydrogens is 274 g/mol. The highest BCUT2D eigenvalue weighted by molar-refractivity contribution is 5.67. The molecule has 4 atom stereocenters. The van der Waals surface area contributed by atoms with Crippen LogP contribution in [0.15, 0.2) is 30.3 Å². The summed E-state index contributed by atoms with van der Waals surface area (Å²) in [7, 11) is 1.55. The lowest BCUT2D eigenvalue weighted by Gasteiger charge is -2.39. The molecule has 1 saturated heterocycles. The Balaban J connectivity index is 1.92. The van der Waals surface area contributed by atoms with Gasteiger partial charge in [-0.1, -0.05) is 30.3 Å². The third-order valence-electron chi connectivity index (χ3n) is 3.62. The van der Waals surface area contributed by atoms with Crippen molar-refractivity contribution < 1.29 is 24.5 Å². The Hall–Kier alpha value is -1.63. The summed E-state index contributed by atoms with van der Waals surface area (Å²) in [6, 6.07) is 8.82. The molecule has 116 valence electrons. The van der Waals surface area contributed by atoms with Crippen LogP contribution in [0.3, 0.4) is 0 Å². The number of carbonyl (C=O) groups is 1. The minimum absolute atomic E-state index is 0.168. The summed E-state index contributed by atoms with van der Waals surface area (Å²) < 4.78 is 10.3. The van der Waals surface area contributed by atoms with Gasteiger partial charge in [0, 0.05) is 7.05 Å². The first-order valence-electron chi connectivity index (χ1n) is 6.94. The number of rotatable bonds is 3. The van der Waals surface area contributed by atoms with E-state index in [0.29, 0.717) is 6.42 Å². The lowest BCUT2D eigenvalue weighted by molar-refractivity contribution is -0.229. The zero-order valence-corrected chi connectivity index (χ0v) is 12.2. The van der Waals surface area contributed by atoms with Crippen molar-refractivity contribution in [2.45, 2.75) is 44.5 Å². The fourth-order valence-corrected chi connectivity index (χ4v) is 2.39. The highest BCUT2D eigenvalue weighted by Crippen LogP contribution is 2.23. The second-order valence-corrected chi connectivity index (χ2v) is 5.28. The highest BCUT2D eigenvalue weighted by atomic mass is 16.6. The van der Waals surface area contributed by atoms with Crippen molar-refractivity contribution in [2.75, 3.05) is 7.05 Å². The number of hydrogen-bond acceptors (Lipinski definition) is 5. The van der Waals surface area contributed by atoms with Gasteiger partial charge in [0.25, 0.3) is 0 Å². The van der Waals surface area contributed by atoms with Gasteiger partial charge in [0.15, 0.2) is 6.29 Å². The van der Waals surface area contributed by atoms with Gasteiger partial charge in [-0.15, -0.1) is 0 Å². The number of amides is 1. The Morgan fingerprint density at radius 3 is 2.71 bits per heavy atom. The van der Waals surface area contributed by atoms with Crippen LogP contribution in [0.2, 0.25) is 0 Å². The van der Waals surface area contributed by atoms with Gasteiger partial charge in [-0.3, -0.25) is 0 Å². The standard InChI is InChI=1S/C15H21NO5/c1-10-8-12(13(17)14(18)21-10)16(2)15(19)20-9-11-6-4-3-5-7-11/h3-7,10,12-14,17-18H,8-9H2,1-2H3/t10-,12+,13-,14-/m1/s1. The molecule has 1 aliphatic rings.